The molecule has 3 aliphatic rings. The van der Waals surface area contributed by atoms with Crippen LogP contribution in [0.15, 0.2) is 23.3 Å². The first kappa shape index (κ1) is 18.8. The number of carbonyl (C=O) groups is 1. The van der Waals surface area contributed by atoms with Crippen LogP contribution in [0.1, 0.15) is 40.5 Å². The van der Waals surface area contributed by atoms with Crippen molar-refractivity contribution in [3.05, 3.63) is 23.3 Å². The lowest BCUT2D eigenvalue weighted by Crippen LogP contribution is -2.51. The van der Waals surface area contributed by atoms with Gasteiger partial charge in [-0.15, -0.1) is 0 Å². The lowest BCUT2D eigenvalue weighted by atomic mass is 9.77. The molecule has 0 bridgehead atoms. The monoisotopic (exact) mass is 350 g/mol. The third-order valence-electron chi connectivity index (χ3n) is 6.99. The fraction of sp³-hybridized carbons (Fsp3) is 0.750. The van der Waals surface area contributed by atoms with Crippen molar-refractivity contribution < 1.29 is 25.2 Å². The molecule has 5 heteroatoms. The van der Waals surface area contributed by atoms with Crippen molar-refractivity contribution in [1.82, 2.24) is 0 Å². The van der Waals surface area contributed by atoms with Crippen molar-refractivity contribution >= 4 is 5.78 Å². The summed E-state index contributed by atoms with van der Waals surface area (Å²) in [5.74, 6) is -1.19. The fourth-order valence-corrected chi connectivity index (χ4v) is 5.12. The van der Waals surface area contributed by atoms with Gasteiger partial charge in [0.2, 0.25) is 0 Å². The van der Waals surface area contributed by atoms with E-state index in [1.165, 1.54) is 0 Å². The predicted molar refractivity (Wildman–Crippen MR) is 93.5 cm³/mol. The van der Waals surface area contributed by atoms with E-state index in [9.17, 15) is 25.2 Å². The smallest absolute Gasteiger partial charge is 0.190 e. The lowest BCUT2D eigenvalue weighted by molar-refractivity contribution is -0.144. The maximum Gasteiger partial charge on any atom is 0.190 e. The first-order valence-corrected chi connectivity index (χ1v) is 9.17. The van der Waals surface area contributed by atoms with Gasteiger partial charge in [0.25, 0.3) is 0 Å². The second kappa shape index (κ2) is 6.02. The number of allylic oxidation sites excluding steroid dienone is 2. The minimum absolute atomic E-state index is 0.0489. The molecule has 0 aliphatic heterocycles. The second-order valence-corrected chi connectivity index (χ2v) is 8.87. The molecule has 25 heavy (non-hydrogen) atoms. The lowest BCUT2D eigenvalue weighted by Gasteiger charge is -2.34. The van der Waals surface area contributed by atoms with Gasteiger partial charge in [0.1, 0.15) is 5.60 Å². The third kappa shape index (κ3) is 2.72. The van der Waals surface area contributed by atoms with Gasteiger partial charge in [-0.25, -0.2) is 0 Å². The molecule has 0 saturated heterocycles. The highest BCUT2D eigenvalue weighted by molar-refractivity contribution is 6.02. The van der Waals surface area contributed by atoms with Crippen molar-refractivity contribution in [2.45, 2.75) is 58.3 Å². The van der Waals surface area contributed by atoms with Crippen LogP contribution in [0.2, 0.25) is 0 Å². The number of carbonyl (C=O) groups excluding carboxylic acids is 1. The molecule has 4 N–H and O–H groups in total. The molecule has 0 aromatic carbocycles. The van der Waals surface area contributed by atoms with Crippen LogP contribution < -0.4 is 0 Å². The Hall–Kier alpha value is -1.01. The van der Waals surface area contributed by atoms with Crippen LogP contribution in [0.4, 0.5) is 0 Å². The number of ketones is 1. The minimum atomic E-state index is -1.81. The Kier molecular flexibility index (Phi) is 4.52. The molecular weight excluding hydrogens is 320 g/mol. The van der Waals surface area contributed by atoms with Gasteiger partial charge in [-0.1, -0.05) is 32.9 Å². The normalized spacial score (nSPS) is 50.6. The molecule has 2 fully saturated rings. The van der Waals surface area contributed by atoms with E-state index in [0.717, 1.165) is 0 Å². The Labute approximate surface area is 149 Å². The number of Topliss-reactive ketones (excluding diaryl/α,β-unsaturated/α-hetero) is 1. The molecule has 0 heterocycles. The van der Waals surface area contributed by atoms with E-state index in [2.05, 4.69) is 13.8 Å². The number of rotatable bonds is 1. The number of aliphatic hydroxyl groups excluding tert-OH is 3. The number of fused-ring (bicyclic) bond motifs is 2. The Balaban J connectivity index is 2.10. The summed E-state index contributed by atoms with van der Waals surface area (Å²) in [5.41, 5.74) is -0.890. The summed E-state index contributed by atoms with van der Waals surface area (Å²) in [6.07, 6.45) is 2.33. The van der Waals surface area contributed by atoms with E-state index in [-0.39, 0.29) is 30.3 Å². The van der Waals surface area contributed by atoms with Gasteiger partial charge in [-0.3, -0.25) is 4.79 Å². The van der Waals surface area contributed by atoms with Crippen molar-refractivity contribution in [1.29, 1.82) is 0 Å². The number of hydrogen-bond donors (Lipinski definition) is 4. The van der Waals surface area contributed by atoms with Gasteiger partial charge in [0, 0.05) is 0 Å². The second-order valence-electron chi connectivity index (χ2n) is 8.87. The van der Waals surface area contributed by atoms with Crippen LogP contribution in [0, 0.1) is 29.1 Å². The van der Waals surface area contributed by atoms with E-state index < -0.39 is 29.5 Å². The first-order valence-electron chi connectivity index (χ1n) is 9.17. The minimum Gasteiger partial charge on any atom is -0.392 e. The summed E-state index contributed by atoms with van der Waals surface area (Å²) in [7, 11) is 0. The van der Waals surface area contributed by atoms with E-state index in [0.29, 0.717) is 23.5 Å². The van der Waals surface area contributed by atoms with Gasteiger partial charge in [0.15, 0.2) is 5.78 Å². The molecule has 140 valence electrons. The summed E-state index contributed by atoms with van der Waals surface area (Å²) in [6, 6.07) is 0. The van der Waals surface area contributed by atoms with Crippen LogP contribution in [-0.2, 0) is 4.79 Å². The molecule has 3 aliphatic carbocycles. The summed E-state index contributed by atoms with van der Waals surface area (Å²) < 4.78 is 0. The summed E-state index contributed by atoms with van der Waals surface area (Å²) in [4.78, 5) is 13.1. The van der Waals surface area contributed by atoms with Crippen molar-refractivity contribution in [2.75, 3.05) is 6.61 Å². The van der Waals surface area contributed by atoms with Gasteiger partial charge in [0.05, 0.1) is 24.7 Å². The van der Waals surface area contributed by atoms with Crippen molar-refractivity contribution in [3.63, 3.8) is 0 Å². The number of aliphatic hydroxyl groups is 4. The van der Waals surface area contributed by atoms with E-state index in [4.69, 9.17) is 0 Å². The fourth-order valence-electron chi connectivity index (χ4n) is 5.12. The zero-order chi connectivity index (χ0) is 18.7. The van der Waals surface area contributed by atoms with Gasteiger partial charge < -0.3 is 20.4 Å². The van der Waals surface area contributed by atoms with Gasteiger partial charge in [-0.05, 0) is 54.1 Å². The highest BCUT2D eigenvalue weighted by Crippen LogP contribution is 2.61. The average molecular weight is 350 g/mol. The Morgan fingerprint density at radius 1 is 1.28 bits per heavy atom. The van der Waals surface area contributed by atoms with Crippen LogP contribution in [-0.4, -0.2) is 50.6 Å². The highest BCUT2D eigenvalue weighted by Gasteiger charge is 2.60. The first-order chi connectivity index (χ1) is 11.6. The zero-order valence-electron chi connectivity index (χ0n) is 15.4. The van der Waals surface area contributed by atoms with Crippen molar-refractivity contribution in [3.8, 4) is 0 Å². The number of hydrogen-bond acceptors (Lipinski definition) is 5. The molecule has 5 nitrogen and oxygen atoms in total. The topological polar surface area (TPSA) is 98.0 Å². The molecule has 2 saturated carbocycles. The molecular formula is C20H30O5. The highest BCUT2D eigenvalue weighted by atomic mass is 16.3. The third-order valence-corrected chi connectivity index (χ3v) is 6.99. The van der Waals surface area contributed by atoms with Crippen LogP contribution in [0.5, 0.6) is 0 Å². The SMILES string of the molecule is C/C1=C/[C@@H]2[C@H](C/C=C(/CO)[C@H](O)[C@H]3[C@@H](O)[C@@H](C)C[C@]3(O)C1=O)C2(C)C. The quantitative estimate of drug-likeness (QED) is 0.533. The molecule has 0 aromatic rings. The predicted octanol–water partition coefficient (Wildman–Crippen LogP) is 1.21. The Morgan fingerprint density at radius 2 is 1.92 bits per heavy atom. The Morgan fingerprint density at radius 3 is 2.52 bits per heavy atom. The molecule has 0 unspecified atom stereocenters. The standard InChI is InChI=1S/C20H30O5/c1-10-7-14-13(19(14,3)4)6-5-12(9-21)17(23)15-16(22)11(2)8-20(15,25)18(10)24/h5,7,11,13-17,21-23,25H,6,8-9H2,1-4H3/b10-7-,12-5-/t11-,13-,14+,15+,16-,17-,20+/m0/s1. The average Bonchev–Trinajstić information content (AvgIpc) is 2.94. The molecule has 0 amide bonds. The molecule has 0 spiro atoms. The summed E-state index contributed by atoms with van der Waals surface area (Å²) in [5, 5.41) is 42.3. The maximum absolute atomic E-state index is 13.1. The largest absolute Gasteiger partial charge is 0.392 e. The van der Waals surface area contributed by atoms with E-state index in [1.54, 1.807) is 13.8 Å². The molecule has 7 atom stereocenters. The van der Waals surface area contributed by atoms with Gasteiger partial charge >= 0.3 is 0 Å². The van der Waals surface area contributed by atoms with Crippen LogP contribution in [0.3, 0.4) is 0 Å². The molecule has 0 radical (unpaired) electrons. The molecule has 3 rings (SSSR count). The van der Waals surface area contributed by atoms with Crippen LogP contribution in [0.25, 0.3) is 0 Å². The van der Waals surface area contributed by atoms with Crippen LogP contribution >= 0.6 is 0 Å². The zero-order valence-corrected chi connectivity index (χ0v) is 15.4. The van der Waals surface area contributed by atoms with Gasteiger partial charge in [-0.2, -0.15) is 0 Å². The molecule has 0 aromatic heterocycles. The maximum atomic E-state index is 13.1. The van der Waals surface area contributed by atoms with Crippen molar-refractivity contribution in [2.24, 2.45) is 29.1 Å². The Bertz CT molecular complexity index is 634. The summed E-state index contributed by atoms with van der Waals surface area (Å²) in [6.45, 7) is 7.41. The van der Waals surface area contributed by atoms with E-state index in [1.807, 2.05) is 12.2 Å². The summed E-state index contributed by atoms with van der Waals surface area (Å²) >= 11 is 0. The van der Waals surface area contributed by atoms with E-state index >= 15 is 0 Å².